The number of hydrogen-bond acceptors (Lipinski definition) is 2. The molecule has 2 N–H and O–H groups in total. The van der Waals surface area contributed by atoms with Crippen LogP contribution in [-0.2, 0) is 0 Å². The number of anilines is 1. The Kier molecular flexibility index (Phi) is 7.48. The van der Waals surface area contributed by atoms with Crippen LogP contribution in [0.15, 0.2) is 24.3 Å². The monoisotopic (exact) mass is 232 g/mol. The van der Waals surface area contributed by atoms with Crippen LogP contribution in [0.5, 0.6) is 0 Å². The zero-order valence-electron chi connectivity index (χ0n) is 11.1. The van der Waals surface area contributed by atoms with Gasteiger partial charge in [-0.2, -0.15) is 0 Å². The molecule has 1 aromatic carbocycles. The van der Waals surface area contributed by atoms with Crippen LogP contribution in [0.1, 0.15) is 44.6 Å². The number of unbranched alkanes of at least 4 members (excludes halogenated alkanes) is 4. The smallest absolute Gasteiger partial charge is 0.171 e. The fraction of sp³-hybridized carbons (Fsp3) is 0.533. The standard InChI is InChI=1S/C15H24N2/c1-3-4-5-6-7-12-16-13-17-15-10-8-14(2)9-11-15/h8-11,16-17H,3-7,12H2,1-2H3. The highest BCUT2D eigenvalue weighted by Gasteiger charge is 1.93. The van der Waals surface area contributed by atoms with Crippen LogP contribution in [0.3, 0.4) is 0 Å². The van der Waals surface area contributed by atoms with E-state index in [0.717, 1.165) is 12.2 Å². The zero-order chi connectivity index (χ0) is 12.3. The van der Waals surface area contributed by atoms with E-state index in [1.807, 2.05) is 0 Å². The first kappa shape index (κ1) is 14.0. The highest BCUT2D eigenvalue weighted by molar-refractivity contribution is 5.45. The summed E-state index contributed by atoms with van der Waals surface area (Å²) in [6.45, 7) is 8.35. The van der Waals surface area contributed by atoms with E-state index in [1.54, 1.807) is 0 Å². The second kappa shape index (κ2) is 9.06. The molecule has 1 aromatic rings. The summed E-state index contributed by atoms with van der Waals surface area (Å²) in [5.41, 5.74) is 2.36. The molecule has 0 saturated carbocycles. The minimum Gasteiger partial charge on any atom is -0.361 e. The molecule has 0 unspecified atom stereocenters. The van der Waals surface area contributed by atoms with Crippen LogP contribution in [0.25, 0.3) is 0 Å². The van der Waals surface area contributed by atoms with E-state index in [9.17, 15) is 0 Å². The van der Waals surface area contributed by atoms with Crippen molar-refractivity contribution >= 4 is 5.69 Å². The van der Waals surface area contributed by atoms with E-state index in [-0.39, 0.29) is 0 Å². The van der Waals surface area contributed by atoms with Crippen molar-refractivity contribution in [3.63, 3.8) is 0 Å². The molecule has 0 aromatic heterocycles. The van der Waals surface area contributed by atoms with Gasteiger partial charge in [-0.3, -0.25) is 5.32 Å². The maximum Gasteiger partial charge on any atom is 0.171 e. The predicted octanol–water partition coefficient (Wildman–Crippen LogP) is 3.96. The second-order valence-corrected chi connectivity index (χ2v) is 4.46. The average Bonchev–Trinajstić information content (AvgIpc) is 2.35. The van der Waals surface area contributed by atoms with Gasteiger partial charge in [0.1, 0.15) is 0 Å². The Morgan fingerprint density at radius 1 is 1.00 bits per heavy atom. The molecule has 1 rings (SSSR count). The summed E-state index contributed by atoms with van der Waals surface area (Å²) in [6.07, 6.45) is 6.55. The molecule has 0 saturated heterocycles. The molecule has 0 aliphatic rings. The SMILES string of the molecule is CCCCCCCN[C]Nc1ccc(C)cc1. The summed E-state index contributed by atoms with van der Waals surface area (Å²) >= 11 is 0. The summed E-state index contributed by atoms with van der Waals surface area (Å²) in [7, 11) is 0. The van der Waals surface area contributed by atoms with Gasteiger partial charge >= 0.3 is 0 Å². The molecule has 17 heavy (non-hydrogen) atoms. The van der Waals surface area contributed by atoms with Gasteiger partial charge in [0, 0.05) is 5.69 Å². The van der Waals surface area contributed by atoms with Crippen LogP contribution >= 0.6 is 0 Å². The summed E-state index contributed by atoms with van der Waals surface area (Å²) in [5, 5.41) is 6.28. The highest BCUT2D eigenvalue weighted by atomic mass is 15.1. The number of nitrogens with one attached hydrogen (secondary N) is 2. The zero-order valence-corrected chi connectivity index (χ0v) is 11.1. The first-order chi connectivity index (χ1) is 8.33. The minimum atomic E-state index is 1.00. The van der Waals surface area contributed by atoms with E-state index >= 15 is 0 Å². The van der Waals surface area contributed by atoms with Crippen molar-refractivity contribution in [2.75, 3.05) is 11.9 Å². The number of rotatable bonds is 9. The van der Waals surface area contributed by atoms with Crippen LogP contribution in [-0.4, -0.2) is 6.54 Å². The summed E-state index contributed by atoms with van der Waals surface area (Å²) in [5.74, 6) is 0. The van der Waals surface area contributed by atoms with Gasteiger partial charge in [-0.05, 0) is 32.0 Å². The minimum absolute atomic E-state index is 1.00. The van der Waals surface area contributed by atoms with Gasteiger partial charge in [-0.25, -0.2) is 0 Å². The van der Waals surface area contributed by atoms with Gasteiger partial charge in [0.15, 0.2) is 6.67 Å². The number of hydrogen-bond donors (Lipinski definition) is 2. The third kappa shape index (κ3) is 7.01. The Bertz CT molecular complexity index is 279. The number of benzene rings is 1. The molecule has 0 spiro atoms. The van der Waals surface area contributed by atoms with Gasteiger partial charge in [0.25, 0.3) is 0 Å². The van der Waals surface area contributed by atoms with Crippen molar-refractivity contribution in [3.8, 4) is 0 Å². The van der Waals surface area contributed by atoms with Gasteiger partial charge in [0.2, 0.25) is 0 Å². The molecule has 0 heterocycles. The second-order valence-electron chi connectivity index (χ2n) is 4.46. The summed E-state index contributed by atoms with van der Waals surface area (Å²) in [6, 6.07) is 8.31. The lowest BCUT2D eigenvalue weighted by atomic mass is 10.1. The van der Waals surface area contributed by atoms with E-state index in [4.69, 9.17) is 0 Å². The lowest BCUT2D eigenvalue weighted by Gasteiger charge is -2.06. The molecule has 2 radical (unpaired) electrons. The molecule has 0 fully saturated rings. The quantitative estimate of drug-likeness (QED) is 0.497. The van der Waals surface area contributed by atoms with Crippen molar-refractivity contribution in [1.82, 2.24) is 5.32 Å². The normalized spacial score (nSPS) is 10.5. The van der Waals surface area contributed by atoms with Gasteiger partial charge in [0.05, 0.1) is 0 Å². The maximum absolute atomic E-state index is 3.16. The van der Waals surface area contributed by atoms with Crippen LogP contribution in [0.2, 0.25) is 0 Å². The Morgan fingerprint density at radius 2 is 1.71 bits per heavy atom. The van der Waals surface area contributed by atoms with E-state index in [1.165, 1.54) is 37.7 Å². The van der Waals surface area contributed by atoms with Gasteiger partial charge in [-0.15, -0.1) is 0 Å². The molecule has 0 bridgehead atoms. The third-order valence-corrected chi connectivity index (χ3v) is 2.75. The summed E-state index contributed by atoms with van der Waals surface area (Å²) in [4.78, 5) is 0. The summed E-state index contributed by atoms with van der Waals surface area (Å²) < 4.78 is 0. The van der Waals surface area contributed by atoms with Crippen LogP contribution in [0.4, 0.5) is 5.69 Å². The fourth-order valence-corrected chi connectivity index (χ4v) is 1.63. The molecular weight excluding hydrogens is 208 g/mol. The molecule has 0 amide bonds. The average molecular weight is 232 g/mol. The third-order valence-electron chi connectivity index (χ3n) is 2.75. The van der Waals surface area contributed by atoms with E-state index in [2.05, 4.69) is 55.4 Å². The van der Waals surface area contributed by atoms with Crippen molar-refractivity contribution < 1.29 is 0 Å². The van der Waals surface area contributed by atoms with E-state index < -0.39 is 0 Å². The van der Waals surface area contributed by atoms with E-state index in [0.29, 0.717) is 0 Å². The lowest BCUT2D eigenvalue weighted by Crippen LogP contribution is -2.16. The molecule has 0 aliphatic carbocycles. The Morgan fingerprint density at radius 3 is 2.41 bits per heavy atom. The molecule has 2 nitrogen and oxygen atoms in total. The first-order valence-corrected chi connectivity index (χ1v) is 6.63. The molecule has 94 valence electrons. The Hall–Kier alpha value is -1.02. The van der Waals surface area contributed by atoms with Gasteiger partial charge in [-0.1, -0.05) is 50.3 Å². The fourth-order valence-electron chi connectivity index (χ4n) is 1.63. The molecular formula is C15H24N2. The topological polar surface area (TPSA) is 24.1 Å². The Balaban J connectivity index is 1.95. The molecule has 2 heteroatoms. The molecule has 0 aliphatic heterocycles. The maximum atomic E-state index is 3.16. The first-order valence-electron chi connectivity index (χ1n) is 6.63. The lowest BCUT2D eigenvalue weighted by molar-refractivity contribution is 0.610. The van der Waals surface area contributed by atoms with Gasteiger partial charge < -0.3 is 5.32 Å². The largest absolute Gasteiger partial charge is 0.361 e. The van der Waals surface area contributed by atoms with Crippen molar-refractivity contribution in [3.05, 3.63) is 36.5 Å². The predicted molar refractivity (Wildman–Crippen MR) is 74.8 cm³/mol. The van der Waals surface area contributed by atoms with Crippen molar-refractivity contribution in [1.29, 1.82) is 0 Å². The van der Waals surface area contributed by atoms with Crippen molar-refractivity contribution in [2.24, 2.45) is 0 Å². The number of aryl methyl sites for hydroxylation is 1. The molecule has 0 atom stereocenters. The van der Waals surface area contributed by atoms with Crippen LogP contribution < -0.4 is 10.6 Å². The van der Waals surface area contributed by atoms with Crippen molar-refractivity contribution in [2.45, 2.75) is 46.0 Å². The van der Waals surface area contributed by atoms with Crippen LogP contribution in [0, 0.1) is 13.6 Å². The highest BCUT2D eigenvalue weighted by Crippen LogP contribution is 2.08. The Labute approximate surface area is 106 Å².